The van der Waals surface area contributed by atoms with Gasteiger partial charge in [0, 0.05) is 24.3 Å². The van der Waals surface area contributed by atoms with Gasteiger partial charge in [0.15, 0.2) is 0 Å². The zero-order valence-corrected chi connectivity index (χ0v) is 12.1. The SMILES string of the molecule is CCCN(CCC)c1ccc(C(=O)NCC(=O)O)cc1. The molecule has 0 radical (unpaired) electrons. The van der Waals surface area contributed by atoms with Gasteiger partial charge in [0.05, 0.1) is 0 Å². The summed E-state index contributed by atoms with van der Waals surface area (Å²) in [7, 11) is 0. The van der Waals surface area contributed by atoms with Crippen molar-refractivity contribution in [2.45, 2.75) is 26.7 Å². The van der Waals surface area contributed by atoms with Crippen LogP contribution in [0.1, 0.15) is 37.0 Å². The van der Waals surface area contributed by atoms with Crippen molar-refractivity contribution >= 4 is 17.6 Å². The van der Waals surface area contributed by atoms with Crippen LogP contribution in [0.25, 0.3) is 0 Å². The van der Waals surface area contributed by atoms with E-state index >= 15 is 0 Å². The minimum Gasteiger partial charge on any atom is -0.480 e. The minimum atomic E-state index is -1.05. The summed E-state index contributed by atoms with van der Waals surface area (Å²) >= 11 is 0. The van der Waals surface area contributed by atoms with Crippen LogP contribution < -0.4 is 10.2 Å². The van der Waals surface area contributed by atoms with E-state index in [1.165, 1.54) is 0 Å². The van der Waals surface area contributed by atoms with Crippen LogP contribution in [0.3, 0.4) is 0 Å². The van der Waals surface area contributed by atoms with Gasteiger partial charge < -0.3 is 15.3 Å². The van der Waals surface area contributed by atoms with Crippen molar-refractivity contribution in [3.63, 3.8) is 0 Å². The van der Waals surface area contributed by atoms with E-state index in [1.54, 1.807) is 12.1 Å². The first kappa shape index (κ1) is 16.0. The van der Waals surface area contributed by atoms with Crippen molar-refractivity contribution in [3.8, 4) is 0 Å². The van der Waals surface area contributed by atoms with E-state index in [0.717, 1.165) is 31.6 Å². The van der Waals surface area contributed by atoms with E-state index in [1.807, 2.05) is 12.1 Å². The summed E-state index contributed by atoms with van der Waals surface area (Å²) in [4.78, 5) is 24.4. The molecule has 0 atom stereocenters. The number of hydrogen-bond acceptors (Lipinski definition) is 3. The van der Waals surface area contributed by atoms with Crippen LogP contribution in [0.4, 0.5) is 5.69 Å². The molecule has 1 rings (SSSR count). The second-order valence-corrected chi connectivity index (χ2v) is 4.61. The second-order valence-electron chi connectivity index (χ2n) is 4.61. The Labute approximate surface area is 119 Å². The highest BCUT2D eigenvalue weighted by atomic mass is 16.4. The molecule has 0 unspecified atom stereocenters. The molecule has 2 N–H and O–H groups in total. The standard InChI is InChI=1S/C15H22N2O3/c1-3-9-17(10-4-2)13-7-5-12(6-8-13)15(20)16-11-14(18)19/h5-8H,3-4,9-11H2,1-2H3,(H,16,20)(H,18,19). The summed E-state index contributed by atoms with van der Waals surface area (Å²) < 4.78 is 0. The number of aliphatic carboxylic acids is 1. The van der Waals surface area contributed by atoms with Gasteiger partial charge in [0.1, 0.15) is 6.54 Å². The number of carbonyl (C=O) groups is 2. The van der Waals surface area contributed by atoms with Crippen molar-refractivity contribution in [2.75, 3.05) is 24.5 Å². The van der Waals surface area contributed by atoms with Crippen LogP contribution >= 0.6 is 0 Å². The number of carboxylic acid groups (broad SMARTS) is 1. The first-order valence-electron chi connectivity index (χ1n) is 6.93. The second kappa shape index (κ2) is 8.19. The van der Waals surface area contributed by atoms with E-state index in [0.29, 0.717) is 5.56 Å². The van der Waals surface area contributed by atoms with Gasteiger partial charge in [-0.1, -0.05) is 13.8 Å². The van der Waals surface area contributed by atoms with Gasteiger partial charge in [-0.05, 0) is 37.1 Å². The van der Waals surface area contributed by atoms with Crippen LogP contribution in [0.2, 0.25) is 0 Å². The molecular formula is C15H22N2O3. The molecule has 1 aromatic carbocycles. The van der Waals surface area contributed by atoms with Crippen LogP contribution in [0.5, 0.6) is 0 Å². The molecule has 0 heterocycles. The number of hydrogen-bond donors (Lipinski definition) is 2. The van der Waals surface area contributed by atoms with E-state index in [4.69, 9.17) is 5.11 Å². The van der Waals surface area contributed by atoms with E-state index in [9.17, 15) is 9.59 Å². The van der Waals surface area contributed by atoms with Gasteiger partial charge in [0.2, 0.25) is 0 Å². The van der Waals surface area contributed by atoms with Crippen molar-refractivity contribution in [1.82, 2.24) is 5.32 Å². The lowest BCUT2D eigenvalue weighted by atomic mass is 10.1. The molecule has 1 amide bonds. The molecule has 0 aliphatic heterocycles. The van der Waals surface area contributed by atoms with Gasteiger partial charge >= 0.3 is 5.97 Å². The van der Waals surface area contributed by atoms with Gasteiger partial charge in [-0.25, -0.2) is 0 Å². The molecule has 0 saturated carbocycles. The predicted molar refractivity (Wildman–Crippen MR) is 79.2 cm³/mol. The molecule has 20 heavy (non-hydrogen) atoms. The Bertz CT molecular complexity index is 437. The third kappa shape index (κ3) is 4.91. The number of benzene rings is 1. The summed E-state index contributed by atoms with van der Waals surface area (Å²) in [5.74, 6) is -1.41. The Hall–Kier alpha value is -2.04. The summed E-state index contributed by atoms with van der Waals surface area (Å²) in [6.07, 6.45) is 2.14. The third-order valence-electron chi connectivity index (χ3n) is 2.88. The highest BCUT2D eigenvalue weighted by Crippen LogP contribution is 2.16. The monoisotopic (exact) mass is 278 g/mol. The maximum atomic E-state index is 11.7. The zero-order valence-electron chi connectivity index (χ0n) is 12.1. The van der Waals surface area contributed by atoms with Crippen molar-refractivity contribution in [2.24, 2.45) is 0 Å². The zero-order chi connectivity index (χ0) is 15.0. The van der Waals surface area contributed by atoms with Crippen LogP contribution in [-0.4, -0.2) is 36.6 Å². The maximum Gasteiger partial charge on any atom is 0.322 e. The Morgan fingerprint density at radius 3 is 2.10 bits per heavy atom. The first-order chi connectivity index (χ1) is 9.58. The van der Waals surface area contributed by atoms with E-state index < -0.39 is 5.97 Å². The van der Waals surface area contributed by atoms with Crippen LogP contribution in [-0.2, 0) is 4.79 Å². The summed E-state index contributed by atoms with van der Waals surface area (Å²) in [6, 6.07) is 7.26. The van der Waals surface area contributed by atoms with Gasteiger partial charge in [-0.2, -0.15) is 0 Å². The third-order valence-corrected chi connectivity index (χ3v) is 2.88. The number of carboxylic acids is 1. The molecule has 0 aromatic heterocycles. The highest BCUT2D eigenvalue weighted by Gasteiger charge is 2.09. The molecule has 5 nitrogen and oxygen atoms in total. The molecule has 0 spiro atoms. The van der Waals surface area contributed by atoms with Crippen molar-refractivity contribution in [1.29, 1.82) is 0 Å². The van der Waals surface area contributed by atoms with Crippen molar-refractivity contribution < 1.29 is 14.7 Å². The average molecular weight is 278 g/mol. The fourth-order valence-corrected chi connectivity index (χ4v) is 1.99. The average Bonchev–Trinajstić information content (AvgIpc) is 2.44. The van der Waals surface area contributed by atoms with E-state index in [2.05, 4.69) is 24.1 Å². The lowest BCUT2D eigenvalue weighted by molar-refractivity contribution is -0.135. The Balaban J connectivity index is 2.71. The molecule has 0 fully saturated rings. The molecule has 0 aliphatic rings. The van der Waals surface area contributed by atoms with Crippen molar-refractivity contribution in [3.05, 3.63) is 29.8 Å². The van der Waals surface area contributed by atoms with Crippen LogP contribution in [0, 0.1) is 0 Å². The number of rotatable bonds is 8. The van der Waals surface area contributed by atoms with Gasteiger partial charge in [-0.15, -0.1) is 0 Å². The molecular weight excluding hydrogens is 256 g/mol. The predicted octanol–water partition coefficient (Wildman–Crippen LogP) is 2.13. The van der Waals surface area contributed by atoms with E-state index in [-0.39, 0.29) is 12.5 Å². The fourth-order valence-electron chi connectivity index (χ4n) is 1.99. The number of anilines is 1. The Morgan fingerprint density at radius 2 is 1.65 bits per heavy atom. The van der Waals surface area contributed by atoms with Crippen LogP contribution in [0.15, 0.2) is 24.3 Å². The highest BCUT2D eigenvalue weighted by molar-refractivity contribution is 5.96. The number of nitrogens with zero attached hydrogens (tertiary/aromatic N) is 1. The lowest BCUT2D eigenvalue weighted by Gasteiger charge is -2.23. The number of nitrogens with one attached hydrogen (secondary N) is 1. The maximum absolute atomic E-state index is 11.7. The molecule has 5 heteroatoms. The largest absolute Gasteiger partial charge is 0.480 e. The topological polar surface area (TPSA) is 69.6 Å². The molecule has 0 bridgehead atoms. The lowest BCUT2D eigenvalue weighted by Crippen LogP contribution is -2.29. The normalized spacial score (nSPS) is 10.1. The first-order valence-corrected chi connectivity index (χ1v) is 6.93. The summed E-state index contributed by atoms with van der Waals surface area (Å²) in [6.45, 7) is 5.88. The number of amides is 1. The minimum absolute atomic E-state index is 0.363. The molecule has 0 saturated heterocycles. The van der Waals surface area contributed by atoms with Gasteiger partial charge in [0.25, 0.3) is 5.91 Å². The number of carbonyl (C=O) groups excluding carboxylic acids is 1. The molecule has 1 aromatic rings. The summed E-state index contributed by atoms with van der Waals surface area (Å²) in [5, 5.41) is 10.9. The Morgan fingerprint density at radius 1 is 1.10 bits per heavy atom. The quantitative estimate of drug-likeness (QED) is 0.764. The summed E-state index contributed by atoms with van der Waals surface area (Å²) in [5.41, 5.74) is 1.56. The fraction of sp³-hybridized carbons (Fsp3) is 0.467. The van der Waals surface area contributed by atoms with Gasteiger partial charge in [-0.3, -0.25) is 9.59 Å². The molecule has 110 valence electrons. The smallest absolute Gasteiger partial charge is 0.322 e. The molecule has 0 aliphatic carbocycles. The Kier molecular flexibility index (Phi) is 6.56.